The summed E-state index contributed by atoms with van der Waals surface area (Å²) >= 11 is 0. The van der Waals surface area contributed by atoms with E-state index in [-0.39, 0.29) is 10.9 Å². The van der Waals surface area contributed by atoms with Crippen molar-refractivity contribution in [1.29, 1.82) is 0 Å². The van der Waals surface area contributed by atoms with Gasteiger partial charge in [0.15, 0.2) is 9.84 Å². The molecule has 0 fully saturated rings. The van der Waals surface area contributed by atoms with Crippen LogP contribution < -0.4 is 4.74 Å². The van der Waals surface area contributed by atoms with Crippen molar-refractivity contribution in [2.75, 3.05) is 12.9 Å². The predicted octanol–water partition coefficient (Wildman–Crippen LogP) is 3.95. The fraction of sp³-hybridized carbons (Fsp3) is 0.294. The normalized spacial score (nSPS) is 13.2. The molecule has 2 aromatic rings. The van der Waals surface area contributed by atoms with Gasteiger partial charge in [-0.3, -0.25) is 0 Å². The molecule has 0 amide bonds. The molecule has 0 saturated carbocycles. The van der Waals surface area contributed by atoms with Crippen LogP contribution in [0.15, 0.2) is 63.7 Å². The van der Waals surface area contributed by atoms with Gasteiger partial charge in [0.05, 0.1) is 10.6 Å². The first kappa shape index (κ1) is 17.1. The number of ether oxygens (including phenoxy) is 1. The second-order valence-electron chi connectivity index (χ2n) is 5.45. The lowest BCUT2D eigenvalue weighted by Gasteiger charge is -2.09. The first-order chi connectivity index (χ1) is 10.8. The second kappa shape index (κ2) is 7.37. The van der Waals surface area contributed by atoms with E-state index in [2.05, 4.69) is 10.2 Å². The van der Waals surface area contributed by atoms with E-state index in [4.69, 9.17) is 4.74 Å². The van der Waals surface area contributed by atoms with E-state index in [9.17, 15) is 8.42 Å². The third-order valence-corrected chi connectivity index (χ3v) is 4.28. The molecule has 0 saturated heterocycles. The first-order valence-electron chi connectivity index (χ1n) is 7.25. The number of hydrogen-bond donors (Lipinski definition) is 0. The van der Waals surface area contributed by atoms with Crippen LogP contribution in [0.4, 0.5) is 5.69 Å². The van der Waals surface area contributed by atoms with E-state index in [1.807, 2.05) is 38.1 Å². The third-order valence-electron chi connectivity index (χ3n) is 3.15. The zero-order valence-electron chi connectivity index (χ0n) is 13.4. The van der Waals surface area contributed by atoms with Crippen molar-refractivity contribution in [3.8, 4) is 5.75 Å². The molecule has 0 bridgehead atoms. The van der Waals surface area contributed by atoms with Crippen LogP contribution in [-0.4, -0.2) is 27.3 Å². The van der Waals surface area contributed by atoms with E-state index < -0.39 is 9.84 Å². The molecule has 0 aromatic heterocycles. The first-order valence-corrected chi connectivity index (χ1v) is 9.14. The maximum Gasteiger partial charge on any atom is 0.175 e. The van der Waals surface area contributed by atoms with Crippen LogP contribution in [0.5, 0.6) is 5.75 Å². The maximum absolute atomic E-state index is 11.4. The molecule has 0 aliphatic heterocycles. The Morgan fingerprint density at radius 1 is 1.04 bits per heavy atom. The maximum atomic E-state index is 11.4. The van der Waals surface area contributed by atoms with Crippen LogP contribution in [0, 0.1) is 6.92 Å². The largest absolute Gasteiger partial charge is 0.491 e. The molecule has 0 N–H and O–H groups in total. The summed E-state index contributed by atoms with van der Waals surface area (Å²) < 4.78 is 28.4. The Balaban J connectivity index is 1.89. The summed E-state index contributed by atoms with van der Waals surface area (Å²) in [6.45, 7) is 4.29. The summed E-state index contributed by atoms with van der Waals surface area (Å²) in [7, 11) is -3.18. The number of azo groups is 1. The minimum absolute atomic E-state index is 0.106. The molecule has 0 radical (unpaired) electrons. The molecule has 2 rings (SSSR count). The van der Waals surface area contributed by atoms with Crippen molar-refractivity contribution in [3.63, 3.8) is 0 Å². The summed E-state index contributed by atoms with van der Waals surface area (Å²) in [5.74, 6) is 0.606. The lowest BCUT2D eigenvalue weighted by atomic mass is 10.2. The van der Waals surface area contributed by atoms with Gasteiger partial charge in [-0.1, -0.05) is 17.7 Å². The average Bonchev–Trinajstić information content (AvgIpc) is 2.52. The standard InChI is InChI=1S/C17H20N2O3S/c1-13-4-6-15(7-5-13)19-18-14(2)12-22-16-8-10-17(11-9-16)23(3,20)21/h4-11,14H,12H2,1-3H3. The highest BCUT2D eigenvalue weighted by molar-refractivity contribution is 7.90. The Morgan fingerprint density at radius 3 is 2.22 bits per heavy atom. The van der Waals surface area contributed by atoms with Crippen molar-refractivity contribution >= 4 is 15.5 Å². The topological polar surface area (TPSA) is 68.1 Å². The Hall–Kier alpha value is -2.21. The molecule has 1 atom stereocenters. The summed E-state index contributed by atoms with van der Waals surface area (Å²) in [6.07, 6.45) is 1.18. The van der Waals surface area contributed by atoms with Crippen molar-refractivity contribution in [2.45, 2.75) is 24.8 Å². The molecule has 5 nitrogen and oxygen atoms in total. The predicted molar refractivity (Wildman–Crippen MR) is 90.2 cm³/mol. The zero-order chi connectivity index (χ0) is 16.9. The number of aryl methyl sites for hydroxylation is 1. The van der Waals surface area contributed by atoms with Crippen LogP contribution in [-0.2, 0) is 9.84 Å². The van der Waals surface area contributed by atoms with Crippen LogP contribution in [0.2, 0.25) is 0 Å². The second-order valence-corrected chi connectivity index (χ2v) is 7.47. The highest BCUT2D eigenvalue weighted by Crippen LogP contribution is 2.17. The molecule has 2 aromatic carbocycles. The van der Waals surface area contributed by atoms with Crippen LogP contribution in [0.25, 0.3) is 0 Å². The molecule has 6 heteroatoms. The van der Waals surface area contributed by atoms with Crippen LogP contribution in [0.1, 0.15) is 12.5 Å². The zero-order valence-corrected chi connectivity index (χ0v) is 14.2. The number of hydrogen-bond acceptors (Lipinski definition) is 5. The van der Waals surface area contributed by atoms with Crippen molar-refractivity contribution in [1.82, 2.24) is 0 Å². The summed E-state index contributed by atoms with van der Waals surface area (Å²) in [6, 6.07) is 14.0. The number of sulfone groups is 1. The Bertz CT molecular complexity index is 766. The van der Waals surface area contributed by atoms with E-state index in [1.165, 1.54) is 24.0 Å². The van der Waals surface area contributed by atoms with Crippen molar-refractivity contribution in [3.05, 3.63) is 54.1 Å². The van der Waals surface area contributed by atoms with Gasteiger partial charge in [0.1, 0.15) is 18.4 Å². The summed E-state index contributed by atoms with van der Waals surface area (Å²) in [5, 5.41) is 8.37. The number of benzene rings is 2. The Morgan fingerprint density at radius 2 is 1.65 bits per heavy atom. The third kappa shape index (κ3) is 5.49. The molecule has 0 spiro atoms. The summed E-state index contributed by atoms with van der Waals surface area (Å²) in [5.41, 5.74) is 1.98. The van der Waals surface area contributed by atoms with E-state index >= 15 is 0 Å². The van der Waals surface area contributed by atoms with E-state index in [1.54, 1.807) is 12.1 Å². The van der Waals surface area contributed by atoms with Crippen LogP contribution >= 0.6 is 0 Å². The van der Waals surface area contributed by atoms with Crippen molar-refractivity contribution in [2.24, 2.45) is 10.2 Å². The van der Waals surface area contributed by atoms with E-state index in [0.29, 0.717) is 12.4 Å². The molecular formula is C17H20N2O3S. The highest BCUT2D eigenvalue weighted by Gasteiger charge is 2.07. The highest BCUT2D eigenvalue weighted by atomic mass is 32.2. The molecule has 0 heterocycles. The molecular weight excluding hydrogens is 312 g/mol. The molecule has 0 aliphatic rings. The smallest absolute Gasteiger partial charge is 0.175 e. The van der Waals surface area contributed by atoms with Crippen LogP contribution in [0.3, 0.4) is 0 Å². The average molecular weight is 332 g/mol. The van der Waals surface area contributed by atoms with Gasteiger partial charge in [-0.05, 0) is 50.2 Å². The van der Waals surface area contributed by atoms with Gasteiger partial charge in [-0.25, -0.2) is 8.42 Å². The Kier molecular flexibility index (Phi) is 5.50. The monoisotopic (exact) mass is 332 g/mol. The molecule has 0 aliphatic carbocycles. The van der Waals surface area contributed by atoms with Gasteiger partial charge in [-0.15, -0.1) is 0 Å². The minimum atomic E-state index is -3.18. The summed E-state index contributed by atoms with van der Waals surface area (Å²) in [4.78, 5) is 0.275. The van der Waals surface area contributed by atoms with E-state index in [0.717, 1.165) is 5.69 Å². The van der Waals surface area contributed by atoms with Gasteiger partial charge < -0.3 is 4.74 Å². The SMILES string of the molecule is Cc1ccc(N=NC(C)COc2ccc(S(C)(=O)=O)cc2)cc1. The molecule has 1 unspecified atom stereocenters. The fourth-order valence-corrected chi connectivity index (χ4v) is 2.44. The van der Waals surface area contributed by atoms with Gasteiger partial charge in [0, 0.05) is 6.26 Å². The lowest BCUT2D eigenvalue weighted by Crippen LogP contribution is -2.11. The van der Waals surface area contributed by atoms with Crippen molar-refractivity contribution < 1.29 is 13.2 Å². The fourth-order valence-electron chi connectivity index (χ4n) is 1.81. The van der Waals surface area contributed by atoms with Gasteiger partial charge in [0.25, 0.3) is 0 Å². The Labute approximate surface area is 136 Å². The lowest BCUT2D eigenvalue weighted by molar-refractivity contribution is 0.293. The van der Waals surface area contributed by atoms with Gasteiger partial charge >= 0.3 is 0 Å². The number of nitrogens with zero attached hydrogens (tertiary/aromatic N) is 2. The molecule has 122 valence electrons. The quantitative estimate of drug-likeness (QED) is 0.752. The minimum Gasteiger partial charge on any atom is -0.491 e. The number of rotatable bonds is 6. The molecule has 23 heavy (non-hydrogen) atoms. The van der Waals surface area contributed by atoms with Gasteiger partial charge in [-0.2, -0.15) is 10.2 Å². The van der Waals surface area contributed by atoms with Gasteiger partial charge in [0.2, 0.25) is 0 Å².